The summed E-state index contributed by atoms with van der Waals surface area (Å²) in [6, 6.07) is 6.02. The van der Waals surface area contributed by atoms with Gasteiger partial charge in [0.2, 0.25) is 0 Å². The number of benzene rings is 1. The number of urea groups is 1. The van der Waals surface area contributed by atoms with Crippen LogP contribution in [0.4, 0.5) is 18.0 Å². The lowest BCUT2D eigenvalue weighted by atomic mass is 10.2. The zero-order chi connectivity index (χ0) is 17.2. The van der Waals surface area contributed by atoms with Crippen molar-refractivity contribution in [3.05, 3.63) is 52.8 Å². The van der Waals surface area contributed by atoms with Gasteiger partial charge in [-0.1, -0.05) is 6.07 Å². The molecule has 0 saturated carbocycles. The smallest absolute Gasteiger partial charge is 0.350 e. The lowest BCUT2D eigenvalue weighted by molar-refractivity contribution is -0.137. The van der Waals surface area contributed by atoms with Crippen LogP contribution in [-0.2, 0) is 6.18 Å². The molecule has 122 valence electrons. The minimum Gasteiger partial charge on any atom is -0.350 e. The number of carbonyl (C=O) groups is 1. The highest BCUT2D eigenvalue weighted by atomic mass is 19.4. The van der Waals surface area contributed by atoms with Gasteiger partial charge in [0.1, 0.15) is 0 Å². The van der Waals surface area contributed by atoms with Gasteiger partial charge in [-0.25, -0.2) is 10.2 Å². The van der Waals surface area contributed by atoms with Crippen LogP contribution in [0.15, 0.2) is 35.4 Å². The van der Waals surface area contributed by atoms with E-state index in [-0.39, 0.29) is 0 Å². The molecule has 0 aliphatic rings. The number of amides is 2. The Labute approximate surface area is 130 Å². The number of carbonyl (C=O) groups excluding carboxylic acids is 1. The van der Waals surface area contributed by atoms with Crippen LogP contribution in [-0.4, -0.2) is 16.8 Å². The number of primary amides is 1. The molecule has 0 unspecified atom stereocenters. The van der Waals surface area contributed by atoms with Crippen molar-refractivity contribution in [1.29, 1.82) is 0 Å². The van der Waals surface area contributed by atoms with Crippen LogP contribution in [0.3, 0.4) is 0 Å². The highest BCUT2D eigenvalue weighted by molar-refractivity contribution is 5.83. The second kappa shape index (κ2) is 6.15. The predicted molar refractivity (Wildman–Crippen MR) is 80.6 cm³/mol. The number of nitrogens with one attached hydrogen (secondary N) is 1. The Balaban J connectivity index is 2.43. The first-order valence-electron chi connectivity index (χ1n) is 6.65. The summed E-state index contributed by atoms with van der Waals surface area (Å²) in [4.78, 5) is 10.6. The molecule has 3 N–H and O–H groups in total. The van der Waals surface area contributed by atoms with E-state index in [0.717, 1.165) is 17.8 Å². The highest BCUT2D eigenvalue weighted by Gasteiger charge is 2.30. The summed E-state index contributed by atoms with van der Waals surface area (Å²) < 4.78 is 40.2. The van der Waals surface area contributed by atoms with Gasteiger partial charge in [-0.15, -0.1) is 0 Å². The van der Waals surface area contributed by atoms with Gasteiger partial charge in [-0.05, 0) is 38.1 Å². The van der Waals surface area contributed by atoms with Crippen molar-refractivity contribution in [2.75, 3.05) is 0 Å². The third-order valence-corrected chi connectivity index (χ3v) is 3.28. The molecule has 0 bridgehead atoms. The van der Waals surface area contributed by atoms with E-state index >= 15 is 0 Å². The molecule has 2 aromatic rings. The van der Waals surface area contributed by atoms with E-state index in [1.807, 2.05) is 0 Å². The minimum atomic E-state index is -4.40. The lowest BCUT2D eigenvalue weighted by Crippen LogP contribution is -2.24. The average Bonchev–Trinajstić information content (AvgIpc) is 2.72. The number of aromatic nitrogens is 1. The zero-order valence-electron chi connectivity index (χ0n) is 12.5. The fraction of sp³-hybridized carbons (Fsp3) is 0.200. The number of alkyl halides is 3. The van der Waals surface area contributed by atoms with E-state index in [0.29, 0.717) is 16.9 Å². The number of halogens is 3. The molecular weight excluding hydrogens is 309 g/mol. The van der Waals surface area contributed by atoms with Gasteiger partial charge >= 0.3 is 12.2 Å². The summed E-state index contributed by atoms with van der Waals surface area (Å²) in [5, 5.41) is 3.66. The molecule has 0 atom stereocenters. The number of nitrogens with two attached hydrogens (primary N) is 1. The molecule has 23 heavy (non-hydrogen) atoms. The second-order valence-corrected chi connectivity index (χ2v) is 4.94. The molecule has 2 amide bonds. The van der Waals surface area contributed by atoms with E-state index in [4.69, 9.17) is 5.73 Å². The van der Waals surface area contributed by atoms with Crippen molar-refractivity contribution in [3.8, 4) is 5.69 Å². The Morgan fingerprint density at radius 2 is 2.00 bits per heavy atom. The van der Waals surface area contributed by atoms with E-state index in [2.05, 4.69) is 10.5 Å². The quantitative estimate of drug-likeness (QED) is 0.661. The fourth-order valence-corrected chi connectivity index (χ4v) is 2.30. The van der Waals surface area contributed by atoms with Crippen LogP contribution in [0.5, 0.6) is 0 Å². The lowest BCUT2D eigenvalue weighted by Gasteiger charge is -2.13. The SMILES string of the molecule is Cc1cc(/C=N\NC(N)=O)c(C)n1-c1cccc(C(F)(F)F)c1. The molecule has 2 rings (SSSR count). The van der Waals surface area contributed by atoms with Gasteiger partial charge < -0.3 is 10.3 Å². The Hall–Kier alpha value is -2.77. The van der Waals surface area contributed by atoms with E-state index in [9.17, 15) is 18.0 Å². The van der Waals surface area contributed by atoms with Gasteiger partial charge in [0.25, 0.3) is 0 Å². The topological polar surface area (TPSA) is 72.4 Å². The molecule has 8 heteroatoms. The van der Waals surface area contributed by atoms with Crippen LogP contribution in [0.2, 0.25) is 0 Å². The maximum absolute atomic E-state index is 12.8. The third kappa shape index (κ3) is 3.71. The molecular formula is C15H15F3N4O. The summed E-state index contributed by atoms with van der Waals surface area (Å²) >= 11 is 0. The minimum absolute atomic E-state index is 0.400. The maximum atomic E-state index is 12.8. The number of rotatable bonds is 3. The fourth-order valence-electron chi connectivity index (χ4n) is 2.30. The number of aryl methyl sites for hydroxylation is 1. The van der Waals surface area contributed by atoms with Crippen molar-refractivity contribution in [1.82, 2.24) is 9.99 Å². The first kappa shape index (κ1) is 16.6. The van der Waals surface area contributed by atoms with Gasteiger partial charge in [0.05, 0.1) is 11.8 Å². The van der Waals surface area contributed by atoms with Crippen LogP contribution in [0.25, 0.3) is 5.69 Å². The monoisotopic (exact) mass is 324 g/mol. The normalized spacial score (nSPS) is 11.9. The summed E-state index contributed by atoms with van der Waals surface area (Å²) in [5.41, 5.74) is 8.75. The van der Waals surface area contributed by atoms with Crippen molar-refractivity contribution < 1.29 is 18.0 Å². The summed E-state index contributed by atoms with van der Waals surface area (Å²) in [5.74, 6) is 0. The van der Waals surface area contributed by atoms with Gasteiger partial charge in [0.15, 0.2) is 0 Å². The summed E-state index contributed by atoms with van der Waals surface area (Å²) in [7, 11) is 0. The van der Waals surface area contributed by atoms with Crippen molar-refractivity contribution in [2.45, 2.75) is 20.0 Å². The summed E-state index contributed by atoms with van der Waals surface area (Å²) in [6.07, 6.45) is -3.02. The van der Waals surface area contributed by atoms with Crippen LogP contribution in [0.1, 0.15) is 22.5 Å². The molecule has 0 spiro atoms. The Bertz CT molecular complexity index is 763. The molecule has 0 saturated heterocycles. The molecule has 1 aromatic carbocycles. The van der Waals surface area contributed by atoms with Crippen LogP contribution in [0, 0.1) is 13.8 Å². The van der Waals surface area contributed by atoms with Gasteiger partial charge in [-0.2, -0.15) is 18.3 Å². The zero-order valence-corrected chi connectivity index (χ0v) is 12.5. The maximum Gasteiger partial charge on any atom is 0.416 e. The first-order chi connectivity index (χ1) is 10.7. The summed E-state index contributed by atoms with van der Waals surface area (Å²) in [6.45, 7) is 3.52. The Kier molecular flexibility index (Phi) is 4.44. The van der Waals surface area contributed by atoms with E-state index in [1.54, 1.807) is 30.5 Å². The second-order valence-electron chi connectivity index (χ2n) is 4.94. The predicted octanol–water partition coefficient (Wildman–Crippen LogP) is 3.12. The number of hydrazone groups is 1. The third-order valence-electron chi connectivity index (χ3n) is 3.28. The van der Waals surface area contributed by atoms with E-state index < -0.39 is 17.8 Å². The highest BCUT2D eigenvalue weighted by Crippen LogP contribution is 2.31. The Morgan fingerprint density at radius 3 is 2.61 bits per heavy atom. The molecule has 5 nitrogen and oxygen atoms in total. The molecule has 0 fully saturated rings. The number of hydrogen-bond acceptors (Lipinski definition) is 2. The van der Waals surface area contributed by atoms with Crippen molar-refractivity contribution in [3.63, 3.8) is 0 Å². The number of nitrogens with zero attached hydrogens (tertiary/aromatic N) is 2. The molecule has 1 heterocycles. The largest absolute Gasteiger partial charge is 0.416 e. The molecule has 0 aliphatic heterocycles. The van der Waals surface area contributed by atoms with E-state index in [1.165, 1.54) is 12.3 Å². The van der Waals surface area contributed by atoms with Gasteiger partial charge in [-0.3, -0.25) is 0 Å². The van der Waals surface area contributed by atoms with Crippen molar-refractivity contribution in [2.24, 2.45) is 10.8 Å². The molecule has 0 aliphatic carbocycles. The standard InChI is InChI=1S/C15H15F3N4O/c1-9-6-11(8-20-21-14(19)23)10(2)22(9)13-5-3-4-12(7-13)15(16,17)18/h3-8H,1-2H3,(H3,19,21,23)/b20-8-. The molecule has 1 aromatic heterocycles. The number of hydrogen-bond donors (Lipinski definition) is 2. The van der Waals surface area contributed by atoms with Gasteiger partial charge in [0, 0.05) is 22.6 Å². The van der Waals surface area contributed by atoms with Crippen molar-refractivity contribution >= 4 is 12.2 Å². The first-order valence-corrected chi connectivity index (χ1v) is 6.65. The Morgan fingerprint density at radius 1 is 1.30 bits per heavy atom. The molecule has 0 radical (unpaired) electrons. The van der Waals surface area contributed by atoms with Crippen LogP contribution < -0.4 is 11.2 Å². The van der Waals surface area contributed by atoms with Crippen LogP contribution >= 0.6 is 0 Å². The average molecular weight is 324 g/mol.